The van der Waals surface area contributed by atoms with Crippen LogP contribution in [-0.4, -0.2) is 76.3 Å². The van der Waals surface area contributed by atoms with Crippen molar-refractivity contribution in [2.24, 2.45) is 11.5 Å². The molecule has 9 N–H and O–H groups in total. The number of hydrogen-bond donors (Lipinski definition) is 8. The lowest BCUT2D eigenvalue weighted by Crippen LogP contribution is -2.57. The smallest absolute Gasteiger partial charge is 0.326 e. The number of carboxylic acids is 2. The Labute approximate surface area is 179 Å². The molecule has 0 heterocycles. The van der Waals surface area contributed by atoms with Gasteiger partial charge in [0, 0.05) is 12.2 Å². The Morgan fingerprint density at radius 2 is 1.40 bits per heavy atom. The molecule has 0 fully saturated rings. The van der Waals surface area contributed by atoms with E-state index < -0.39 is 60.2 Å². The predicted octanol–water partition coefficient (Wildman–Crippen LogP) is -2.20. The van der Waals surface area contributed by atoms with E-state index in [1.807, 2.05) is 0 Å². The van der Waals surface area contributed by atoms with Crippen molar-refractivity contribution in [2.45, 2.75) is 63.2 Å². The van der Waals surface area contributed by atoms with E-state index in [1.165, 1.54) is 6.92 Å². The maximum absolute atomic E-state index is 12.6. The molecule has 0 spiro atoms. The van der Waals surface area contributed by atoms with Crippen molar-refractivity contribution in [1.29, 1.82) is 0 Å². The second kappa shape index (κ2) is 14.6. The van der Waals surface area contributed by atoms with E-state index in [9.17, 15) is 24.0 Å². The average molecular weight is 450 g/mol. The highest BCUT2D eigenvalue weighted by atomic mass is 32.1. The summed E-state index contributed by atoms with van der Waals surface area (Å²) in [6.07, 6.45) is 0.649. The number of unbranched alkanes of at least 4 members (excludes halogenated alkanes) is 1. The molecule has 0 aromatic rings. The van der Waals surface area contributed by atoms with Crippen molar-refractivity contribution < 1.29 is 34.2 Å². The molecular weight excluding hydrogens is 418 g/mol. The normalized spacial score (nSPS) is 14.7. The van der Waals surface area contributed by atoms with Crippen LogP contribution in [-0.2, 0) is 24.0 Å². The first-order chi connectivity index (χ1) is 14.0. The van der Waals surface area contributed by atoms with Gasteiger partial charge in [-0.1, -0.05) is 0 Å². The van der Waals surface area contributed by atoms with Crippen LogP contribution in [0.5, 0.6) is 0 Å². The second-order valence-corrected chi connectivity index (χ2v) is 7.08. The van der Waals surface area contributed by atoms with Gasteiger partial charge in [0.15, 0.2) is 0 Å². The first kappa shape index (κ1) is 27.6. The van der Waals surface area contributed by atoms with Crippen molar-refractivity contribution in [3.05, 3.63) is 0 Å². The largest absolute Gasteiger partial charge is 0.481 e. The summed E-state index contributed by atoms with van der Waals surface area (Å²) < 4.78 is 0. The molecule has 4 atom stereocenters. The number of amides is 3. The Kier molecular flexibility index (Phi) is 13.4. The standard InChI is InChI=1S/C17H31N5O7S/c1-9(19)14(25)20-10(4-2-3-7-18)15(26)22-12(8-30)16(27)21-11(17(28)29)5-6-13(23)24/h9-12,30H,2-8,18-19H2,1H3,(H,20,25)(H,21,27)(H,22,26)(H,23,24)(H,28,29). The summed E-state index contributed by atoms with van der Waals surface area (Å²) in [7, 11) is 0. The van der Waals surface area contributed by atoms with Gasteiger partial charge < -0.3 is 37.6 Å². The average Bonchev–Trinajstić information content (AvgIpc) is 2.67. The molecule has 0 saturated carbocycles. The van der Waals surface area contributed by atoms with Crippen molar-refractivity contribution in [1.82, 2.24) is 16.0 Å². The predicted molar refractivity (Wildman–Crippen MR) is 111 cm³/mol. The summed E-state index contributed by atoms with van der Waals surface area (Å²) in [4.78, 5) is 58.7. The fourth-order valence-electron chi connectivity index (χ4n) is 2.33. The first-order valence-corrected chi connectivity index (χ1v) is 10.1. The van der Waals surface area contributed by atoms with Gasteiger partial charge in [-0.15, -0.1) is 0 Å². The van der Waals surface area contributed by atoms with Crippen LogP contribution in [0.2, 0.25) is 0 Å². The SMILES string of the molecule is CC(N)C(=O)NC(CCCCN)C(=O)NC(CS)C(=O)NC(CCC(=O)O)C(=O)O. The van der Waals surface area contributed by atoms with E-state index in [0.717, 1.165) is 0 Å². The van der Waals surface area contributed by atoms with Gasteiger partial charge in [0.1, 0.15) is 18.1 Å². The van der Waals surface area contributed by atoms with Gasteiger partial charge in [-0.2, -0.15) is 12.6 Å². The molecule has 0 aliphatic rings. The minimum Gasteiger partial charge on any atom is -0.481 e. The molecule has 0 radical (unpaired) electrons. The number of aliphatic carboxylic acids is 2. The zero-order valence-electron chi connectivity index (χ0n) is 16.8. The maximum Gasteiger partial charge on any atom is 0.326 e. The van der Waals surface area contributed by atoms with Crippen molar-refractivity contribution in [3.8, 4) is 0 Å². The molecule has 0 aliphatic carbocycles. The summed E-state index contributed by atoms with van der Waals surface area (Å²) in [5.74, 6) is -4.81. The molecule has 0 rings (SSSR count). The number of hydrogen-bond acceptors (Lipinski definition) is 8. The van der Waals surface area contributed by atoms with Crippen molar-refractivity contribution in [2.75, 3.05) is 12.3 Å². The highest BCUT2D eigenvalue weighted by molar-refractivity contribution is 7.80. The molecule has 0 bridgehead atoms. The van der Waals surface area contributed by atoms with Crippen LogP contribution in [0.25, 0.3) is 0 Å². The van der Waals surface area contributed by atoms with Gasteiger partial charge in [0.05, 0.1) is 6.04 Å². The molecule has 30 heavy (non-hydrogen) atoms. The van der Waals surface area contributed by atoms with Crippen LogP contribution in [0.15, 0.2) is 0 Å². The van der Waals surface area contributed by atoms with Gasteiger partial charge in [0.25, 0.3) is 0 Å². The molecule has 12 nitrogen and oxygen atoms in total. The van der Waals surface area contributed by atoms with E-state index in [0.29, 0.717) is 19.4 Å². The van der Waals surface area contributed by atoms with Crippen LogP contribution in [0.3, 0.4) is 0 Å². The van der Waals surface area contributed by atoms with E-state index >= 15 is 0 Å². The molecule has 0 aromatic carbocycles. The Morgan fingerprint density at radius 1 is 0.867 bits per heavy atom. The maximum atomic E-state index is 12.6. The molecule has 0 saturated heterocycles. The number of carbonyl (C=O) groups excluding carboxylic acids is 3. The third-order valence-corrected chi connectivity index (χ3v) is 4.44. The summed E-state index contributed by atoms with van der Waals surface area (Å²) in [5.41, 5.74) is 11.0. The zero-order chi connectivity index (χ0) is 23.3. The fourth-order valence-corrected chi connectivity index (χ4v) is 2.59. The Bertz CT molecular complexity index is 617. The van der Waals surface area contributed by atoms with Crippen molar-refractivity contribution in [3.63, 3.8) is 0 Å². The number of carbonyl (C=O) groups is 5. The lowest BCUT2D eigenvalue weighted by molar-refractivity contribution is -0.143. The molecular formula is C17H31N5O7S. The van der Waals surface area contributed by atoms with Gasteiger partial charge >= 0.3 is 11.9 Å². The topological polar surface area (TPSA) is 214 Å². The summed E-state index contributed by atoms with van der Waals surface area (Å²) in [5, 5.41) is 24.9. The van der Waals surface area contributed by atoms with Gasteiger partial charge in [-0.25, -0.2) is 4.79 Å². The van der Waals surface area contributed by atoms with Crippen LogP contribution in [0, 0.1) is 0 Å². The summed E-state index contributed by atoms with van der Waals surface area (Å²) in [6, 6.07) is -4.44. The van der Waals surface area contributed by atoms with Gasteiger partial charge in [-0.05, 0) is 39.2 Å². The number of nitrogens with one attached hydrogen (secondary N) is 3. The molecule has 172 valence electrons. The summed E-state index contributed by atoms with van der Waals surface area (Å²) >= 11 is 4.00. The zero-order valence-corrected chi connectivity index (χ0v) is 17.7. The Hall–Kier alpha value is -2.38. The number of thiol groups is 1. The second-order valence-electron chi connectivity index (χ2n) is 6.71. The third kappa shape index (κ3) is 11.0. The lowest BCUT2D eigenvalue weighted by atomic mass is 10.1. The van der Waals surface area contributed by atoms with Crippen LogP contribution < -0.4 is 27.4 Å². The summed E-state index contributed by atoms with van der Waals surface area (Å²) in [6.45, 7) is 1.86. The molecule has 13 heteroatoms. The number of nitrogens with two attached hydrogens (primary N) is 2. The van der Waals surface area contributed by atoms with E-state index in [2.05, 4.69) is 28.6 Å². The fraction of sp³-hybridized carbons (Fsp3) is 0.706. The minimum absolute atomic E-state index is 0.153. The van der Waals surface area contributed by atoms with Crippen molar-refractivity contribution >= 4 is 42.3 Å². The number of carboxylic acid groups (broad SMARTS) is 2. The van der Waals surface area contributed by atoms with E-state index in [1.54, 1.807) is 0 Å². The van der Waals surface area contributed by atoms with E-state index in [4.69, 9.17) is 21.7 Å². The number of rotatable bonds is 15. The molecule has 4 unspecified atom stereocenters. The monoisotopic (exact) mass is 449 g/mol. The van der Waals surface area contributed by atoms with Gasteiger partial charge in [0.2, 0.25) is 17.7 Å². The third-order valence-electron chi connectivity index (χ3n) is 4.07. The van der Waals surface area contributed by atoms with Crippen LogP contribution in [0.4, 0.5) is 0 Å². The van der Waals surface area contributed by atoms with Crippen LogP contribution in [0.1, 0.15) is 39.0 Å². The first-order valence-electron chi connectivity index (χ1n) is 9.45. The van der Waals surface area contributed by atoms with Crippen LogP contribution >= 0.6 is 12.6 Å². The van der Waals surface area contributed by atoms with E-state index in [-0.39, 0.29) is 18.6 Å². The Balaban J connectivity index is 5.12. The lowest BCUT2D eigenvalue weighted by Gasteiger charge is -2.24. The van der Waals surface area contributed by atoms with Gasteiger partial charge in [-0.3, -0.25) is 19.2 Å². The Morgan fingerprint density at radius 3 is 1.87 bits per heavy atom. The molecule has 3 amide bonds. The highest BCUT2D eigenvalue weighted by Gasteiger charge is 2.29. The molecule has 0 aliphatic heterocycles. The molecule has 0 aromatic heterocycles. The highest BCUT2D eigenvalue weighted by Crippen LogP contribution is 2.04. The quantitative estimate of drug-likeness (QED) is 0.100. The minimum atomic E-state index is -1.44.